The van der Waals surface area contributed by atoms with Gasteiger partial charge in [0.1, 0.15) is 0 Å². The molecule has 0 saturated carbocycles. The summed E-state index contributed by atoms with van der Waals surface area (Å²) in [6.07, 6.45) is -0.0139. The van der Waals surface area contributed by atoms with Crippen LogP contribution in [-0.4, -0.2) is 41.7 Å². The van der Waals surface area contributed by atoms with Crippen LogP contribution in [0.4, 0.5) is 0 Å². The fraction of sp³-hybridized carbons (Fsp3) is 0.571. The summed E-state index contributed by atoms with van der Waals surface area (Å²) in [5.74, 6) is 0.159. The fourth-order valence-electron chi connectivity index (χ4n) is 1.57. The minimum absolute atomic E-state index is 0.00694. The molecule has 1 aromatic rings. The maximum Gasteiger partial charge on any atom is 0.356 e. The van der Waals surface area contributed by atoms with Crippen LogP contribution in [0.3, 0.4) is 0 Å². The zero-order valence-corrected chi connectivity index (χ0v) is 17.9. The van der Waals surface area contributed by atoms with Gasteiger partial charge in [-0.05, 0) is 24.0 Å². The number of benzene rings is 1. The minimum atomic E-state index is -4.02. The molecule has 0 radical (unpaired) electrons. The van der Waals surface area contributed by atoms with E-state index in [1.165, 1.54) is 12.1 Å². The van der Waals surface area contributed by atoms with Crippen molar-refractivity contribution >= 4 is 28.1 Å². The van der Waals surface area contributed by atoms with Crippen LogP contribution < -0.4 is 5.30 Å². The smallest absolute Gasteiger partial charge is 0.324 e. The first-order chi connectivity index (χ1) is 11.4. The van der Waals surface area contributed by atoms with E-state index in [1.807, 2.05) is 0 Å². The molecule has 12 heteroatoms. The van der Waals surface area contributed by atoms with Gasteiger partial charge < -0.3 is 29.4 Å². The monoisotopic (exact) mass is 434 g/mol. The summed E-state index contributed by atoms with van der Waals surface area (Å²) in [7, 11) is -11.5. The minimum Gasteiger partial charge on any atom is -0.324 e. The van der Waals surface area contributed by atoms with E-state index in [-0.39, 0.29) is 29.5 Å². The molecule has 0 unspecified atom stereocenters. The Hall–Kier alpha value is -0.330. The Kier molecular flexibility index (Phi) is 13.1. The molecule has 0 saturated heterocycles. The van der Waals surface area contributed by atoms with Crippen molar-refractivity contribution in [1.82, 2.24) is 0 Å². The Labute approximate surface area is 154 Å². The first kappa shape index (κ1) is 27.9. The molecule has 0 fully saturated rings. The first-order valence-electron chi connectivity index (χ1n) is 7.64. The molecule has 0 heterocycles. The van der Waals surface area contributed by atoms with Gasteiger partial charge in [-0.15, -0.1) is 0 Å². The molecule has 0 aliphatic heterocycles. The molecule has 0 aliphatic rings. The summed E-state index contributed by atoms with van der Waals surface area (Å²) in [5, 5.41) is 0.0648. The van der Waals surface area contributed by atoms with Crippen molar-refractivity contribution in [2.24, 2.45) is 11.8 Å². The Morgan fingerprint density at radius 1 is 0.692 bits per heavy atom. The Balaban J connectivity index is 0. The highest BCUT2D eigenvalue weighted by molar-refractivity contribution is 7.60. The van der Waals surface area contributed by atoms with Gasteiger partial charge in [0.25, 0.3) is 0 Å². The van der Waals surface area contributed by atoms with Gasteiger partial charge in [0.05, 0.1) is 17.6 Å². The molecule has 0 spiro atoms. The largest absolute Gasteiger partial charge is 0.356 e. The third kappa shape index (κ3) is 21.7. The summed E-state index contributed by atoms with van der Waals surface area (Å²) in [4.78, 5) is 50.4. The van der Waals surface area contributed by atoms with Crippen molar-refractivity contribution < 1.29 is 43.1 Å². The van der Waals surface area contributed by atoms with Crippen LogP contribution in [0.2, 0.25) is 0 Å². The number of rotatable bonds is 5. The molecule has 0 aliphatic carbocycles. The summed E-state index contributed by atoms with van der Waals surface area (Å²) in [5.41, 5.74) is 0. The van der Waals surface area contributed by atoms with E-state index < -0.39 is 22.8 Å². The molecular formula is C14H29O9P3. The molecule has 6 N–H and O–H groups in total. The lowest BCUT2D eigenvalue weighted by Crippen LogP contribution is -2.01. The number of hydrogen-bond donors (Lipinski definition) is 6. The molecule has 0 amide bonds. The van der Waals surface area contributed by atoms with Gasteiger partial charge in [-0.2, -0.15) is 0 Å². The lowest BCUT2D eigenvalue weighted by atomic mass is 10.3. The molecule has 0 aromatic heterocycles. The molecule has 0 atom stereocenters. The van der Waals surface area contributed by atoms with Crippen LogP contribution in [0.25, 0.3) is 0 Å². The van der Waals surface area contributed by atoms with Gasteiger partial charge in [-0.1, -0.05) is 45.9 Å². The molecule has 0 bridgehead atoms. The Bertz CT molecular complexity index is 600. The second kappa shape index (κ2) is 12.2. The predicted molar refractivity (Wildman–Crippen MR) is 102 cm³/mol. The average molecular weight is 434 g/mol. The maximum absolute atomic E-state index is 10.5. The van der Waals surface area contributed by atoms with E-state index in [4.69, 9.17) is 29.4 Å². The normalized spacial score (nSPS) is 12.2. The standard InChI is InChI=1S/C6H7O3P.2C4H11O3P/c7-10(8,9)6-4-2-1-3-5-6;2*1-4(2)3-8(5,6)7/h1-5H,(H2,7,8,9);2*4H,3H2,1-2H3,(H2,5,6,7). The van der Waals surface area contributed by atoms with Crippen molar-refractivity contribution in [2.75, 3.05) is 12.3 Å². The molecule has 154 valence electrons. The van der Waals surface area contributed by atoms with Gasteiger partial charge in [0, 0.05) is 0 Å². The van der Waals surface area contributed by atoms with Crippen LogP contribution in [0, 0.1) is 11.8 Å². The van der Waals surface area contributed by atoms with Crippen LogP contribution in [0.1, 0.15) is 27.7 Å². The molecule has 9 nitrogen and oxygen atoms in total. The van der Waals surface area contributed by atoms with Crippen molar-refractivity contribution in [3.8, 4) is 0 Å². The topological polar surface area (TPSA) is 173 Å². The van der Waals surface area contributed by atoms with E-state index in [2.05, 4.69) is 0 Å². The van der Waals surface area contributed by atoms with Crippen molar-refractivity contribution in [1.29, 1.82) is 0 Å². The summed E-state index contributed by atoms with van der Waals surface area (Å²) < 4.78 is 30.8. The second-order valence-electron chi connectivity index (χ2n) is 6.36. The highest BCUT2D eigenvalue weighted by atomic mass is 31.2. The lowest BCUT2D eigenvalue weighted by Gasteiger charge is -2.04. The summed E-state index contributed by atoms with van der Waals surface area (Å²) in [6, 6.07) is 7.70. The highest BCUT2D eigenvalue weighted by Crippen LogP contribution is 2.37. The van der Waals surface area contributed by atoms with Gasteiger partial charge in [-0.25, -0.2) is 0 Å². The number of hydrogen-bond acceptors (Lipinski definition) is 3. The van der Waals surface area contributed by atoms with Crippen LogP contribution >= 0.6 is 22.8 Å². The van der Waals surface area contributed by atoms with Crippen molar-refractivity contribution in [2.45, 2.75) is 27.7 Å². The van der Waals surface area contributed by atoms with Gasteiger partial charge in [0.2, 0.25) is 0 Å². The van der Waals surface area contributed by atoms with E-state index in [0.29, 0.717) is 0 Å². The van der Waals surface area contributed by atoms with Gasteiger partial charge >= 0.3 is 22.8 Å². The van der Waals surface area contributed by atoms with E-state index >= 15 is 0 Å². The maximum atomic E-state index is 10.5. The third-order valence-electron chi connectivity index (χ3n) is 2.30. The van der Waals surface area contributed by atoms with Crippen LogP contribution in [-0.2, 0) is 13.7 Å². The van der Waals surface area contributed by atoms with E-state index in [1.54, 1.807) is 45.9 Å². The SMILES string of the molecule is CC(C)CP(=O)(O)O.CC(C)CP(=O)(O)O.O=P(O)(O)c1ccccc1. The zero-order chi connectivity index (χ0) is 21.2. The quantitative estimate of drug-likeness (QED) is 0.380. The predicted octanol–water partition coefficient (Wildman–Crippen LogP) is 2.13. The summed E-state index contributed by atoms with van der Waals surface area (Å²) in [6.45, 7) is 7.11. The second-order valence-corrected chi connectivity index (χ2v) is 11.4. The van der Waals surface area contributed by atoms with Crippen LogP contribution in [0.15, 0.2) is 30.3 Å². The summed E-state index contributed by atoms with van der Waals surface area (Å²) >= 11 is 0. The third-order valence-corrected chi connectivity index (χ3v) is 5.68. The molecule has 26 heavy (non-hydrogen) atoms. The first-order valence-corrected chi connectivity index (χ1v) is 12.8. The fourth-order valence-corrected chi connectivity index (χ4v) is 4.04. The Morgan fingerprint density at radius 3 is 1.12 bits per heavy atom. The molecule has 1 rings (SSSR count). The Morgan fingerprint density at radius 2 is 1.00 bits per heavy atom. The lowest BCUT2D eigenvalue weighted by molar-refractivity contribution is 0.364. The molecular weight excluding hydrogens is 405 g/mol. The van der Waals surface area contributed by atoms with E-state index in [0.717, 1.165) is 0 Å². The average Bonchev–Trinajstić information content (AvgIpc) is 2.34. The highest BCUT2D eigenvalue weighted by Gasteiger charge is 2.15. The molecule has 1 aromatic carbocycles. The van der Waals surface area contributed by atoms with Gasteiger partial charge in [0.15, 0.2) is 0 Å². The van der Waals surface area contributed by atoms with E-state index in [9.17, 15) is 13.7 Å². The van der Waals surface area contributed by atoms with Gasteiger partial charge in [-0.3, -0.25) is 13.7 Å². The van der Waals surface area contributed by atoms with Crippen LogP contribution in [0.5, 0.6) is 0 Å². The zero-order valence-electron chi connectivity index (χ0n) is 15.2. The van der Waals surface area contributed by atoms with Crippen molar-refractivity contribution in [3.63, 3.8) is 0 Å². The van der Waals surface area contributed by atoms with Crippen molar-refractivity contribution in [3.05, 3.63) is 30.3 Å².